The molecule has 28 heavy (non-hydrogen) atoms. The van der Waals surface area contributed by atoms with Crippen LogP contribution in [0, 0.1) is 0 Å². The summed E-state index contributed by atoms with van der Waals surface area (Å²) in [6.45, 7) is 0.858. The smallest absolute Gasteiger partial charge is 0.492 e. The highest BCUT2D eigenvalue weighted by Crippen LogP contribution is 2.24. The second-order valence-electron chi connectivity index (χ2n) is 6.86. The van der Waals surface area contributed by atoms with Crippen LogP contribution in [-0.2, 0) is 15.9 Å². The van der Waals surface area contributed by atoms with Crippen molar-refractivity contribution in [3.05, 3.63) is 66.0 Å². The lowest BCUT2D eigenvalue weighted by Crippen LogP contribution is -2.33. The summed E-state index contributed by atoms with van der Waals surface area (Å²) in [5.41, 5.74) is 8.23. The van der Waals surface area contributed by atoms with E-state index in [4.69, 9.17) is 15.1 Å². The number of hydrogen-bond acceptors (Lipinski definition) is 6. The molecule has 3 aromatic rings. The molecule has 0 radical (unpaired) electrons. The molecule has 0 spiro atoms. The van der Waals surface area contributed by atoms with Gasteiger partial charge in [-0.15, -0.1) is 0 Å². The first-order valence-electron chi connectivity index (χ1n) is 9.27. The number of ketones is 1. The molecule has 1 aromatic heterocycles. The molecular formula is C21H21BN2O4. The lowest BCUT2D eigenvalue weighted by atomic mass is 9.77. The van der Waals surface area contributed by atoms with Gasteiger partial charge in [-0.2, -0.15) is 0 Å². The summed E-state index contributed by atoms with van der Waals surface area (Å²) in [6, 6.07) is 13.2. The van der Waals surface area contributed by atoms with Gasteiger partial charge in [-0.3, -0.25) is 9.78 Å². The Morgan fingerprint density at radius 3 is 2.93 bits per heavy atom. The van der Waals surface area contributed by atoms with E-state index in [0.717, 1.165) is 21.9 Å². The largest absolute Gasteiger partial charge is 0.495 e. The van der Waals surface area contributed by atoms with Crippen LogP contribution in [0.3, 0.4) is 0 Å². The van der Waals surface area contributed by atoms with Crippen molar-refractivity contribution in [1.29, 1.82) is 0 Å². The van der Waals surface area contributed by atoms with E-state index in [-0.39, 0.29) is 12.3 Å². The summed E-state index contributed by atoms with van der Waals surface area (Å²) in [7, 11) is -1.02. The number of nitrogens with zero attached hydrogens (tertiary/aromatic N) is 1. The maximum atomic E-state index is 13.0. The fraction of sp³-hybridized carbons (Fsp3) is 0.238. The third-order valence-corrected chi connectivity index (χ3v) is 5.03. The van der Waals surface area contributed by atoms with E-state index < -0.39 is 13.0 Å². The third-order valence-electron chi connectivity index (χ3n) is 5.03. The zero-order valence-corrected chi connectivity index (χ0v) is 15.4. The number of ether oxygens (including phenoxy) is 1. The maximum absolute atomic E-state index is 13.0. The maximum Gasteiger partial charge on any atom is 0.495 e. The Balaban J connectivity index is 1.57. The topological polar surface area (TPSA) is 94.7 Å². The Labute approximate surface area is 163 Å². The molecule has 1 atom stereocenters. The number of rotatable bonds is 5. The monoisotopic (exact) mass is 376 g/mol. The highest BCUT2D eigenvalue weighted by molar-refractivity contribution is 6.61. The van der Waals surface area contributed by atoms with E-state index in [1.807, 2.05) is 30.3 Å². The average Bonchev–Trinajstić information content (AvgIpc) is 2.89. The number of pyridine rings is 1. The van der Waals surface area contributed by atoms with Crippen LogP contribution in [0.4, 0.5) is 0 Å². The summed E-state index contributed by atoms with van der Waals surface area (Å²) in [6.07, 6.45) is 3.84. The Morgan fingerprint density at radius 1 is 1.18 bits per heavy atom. The SMILES string of the molecule is NC[C@@H](C(=O)Cc1ccc2cnccc2c1)c1ccc2c(c1)OCCOB2O. The molecule has 2 heterocycles. The molecule has 2 aromatic carbocycles. The molecule has 1 aliphatic heterocycles. The third kappa shape index (κ3) is 3.78. The van der Waals surface area contributed by atoms with E-state index in [1.54, 1.807) is 24.5 Å². The van der Waals surface area contributed by atoms with E-state index in [9.17, 15) is 9.82 Å². The lowest BCUT2D eigenvalue weighted by Gasteiger charge is -2.17. The molecule has 7 heteroatoms. The van der Waals surface area contributed by atoms with Crippen LogP contribution in [0.2, 0.25) is 0 Å². The van der Waals surface area contributed by atoms with Gasteiger partial charge in [0.15, 0.2) is 0 Å². The van der Waals surface area contributed by atoms with Crippen molar-refractivity contribution in [3.63, 3.8) is 0 Å². The molecule has 0 unspecified atom stereocenters. The fourth-order valence-electron chi connectivity index (χ4n) is 3.52. The van der Waals surface area contributed by atoms with E-state index in [1.165, 1.54) is 0 Å². The van der Waals surface area contributed by atoms with Gasteiger partial charge in [0.05, 0.1) is 12.5 Å². The number of fused-ring (bicyclic) bond motifs is 2. The first-order chi connectivity index (χ1) is 13.7. The van der Waals surface area contributed by atoms with Crippen LogP contribution in [0.5, 0.6) is 5.75 Å². The van der Waals surface area contributed by atoms with Crippen molar-refractivity contribution in [2.45, 2.75) is 12.3 Å². The predicted octanol–water partition coefficient (Wildman–Crippen LogP) is 1.19. The Bertz CT molecular complexity index is 1010. The van der Waals surface area contributed by atoms with Crippen molar-refractivity contribution < 1.29 is 19.2 Å². The number of hydrogen-bond donors (Lipinski definition) is 2. The number of carbonyl (C=O) groups excluding carboxylic acids is 1. The molecule has 0 fully saturated rings. The van der Waals surface area contributed by atoms with Gasteiger partial charge in [-0.05, 0) is 28.6 Å². The molecular weight excluding hydrogens is 355 g/mol. The Kier molecular flexibility index (Phi) is 5.39. The van der Waals surface area contributed by atoms with Gasteiger partial charge >= 0.3 is 7.12 Å². The van der Waals surface area contributed by atoms with Gasteiger partial charge in [0.25, 0.3) is 0 Å². The normalized spacial score (nSPS) is 14.9. The molecule has 142 valence electrons. The molecule has 0 saturated carbocycles. The van der Waals surface area contributed by atoms with Crippen molar-refractivity contribution in [2.24, 2.45) is 5.73 Å². The van der Waals surface area contributed by atoms with Gasteiger partial charge in [0, 0.05) is 36.2 Å². The number of aromatic nitrogens is 1. The van der Waals surface area contributed by atoms with Crippen molar-refractivity contribution in [3.8, 4) is 5.75 Å². The molecule has 0 bridgehead atoms. The minimum atomic E-state index is -1.02. The van der Waals surface area contributed by atoms with Crippen LogP contribution in [0.25, 0.3) is 10.8 Å². The van der Waals surface area contributed by atoms with Crippen LogP contribution in [0.1, 0.15) is 17.0 Å². The minimum absolute atomic E-state index is 0.0428. The first-order valence-corrected chi connectivity index (χ1v) is 9.27. The number of nitrogens with two attached hydrogens (primary N) is 1. The first kappa shape index (κ1) is 18.6. The van der Waals surface area contributed by atoms with Gasteiger partial charge in [-0.25, -0.2) is 0 Å². The van der Waals surface area contributed by atoms with Crippen molar-refractivity contribution in [2.75, 3.05) is 19.8 Å². The highest BCUT2D eigenvalue weighted by atomic mass is 16.6. The molecule has 0 amide bonds. The van der Waals surface area contributed by atoms with Gasteiger partial charge in [0.1, 0.15) is 18.1 Å². The number of carbonyl (C=O) groups is 1. The summed E-state index contributed by atoms with van der Waals surface area (Å²) >= 11 is 0. The molecule has 1 aliphatic rings. The van der Waals surface area contributed by atoms with Gasteiger partial charge in [0.2, 0.25) is 0 Å². The average molecular weight is 376 g/mol. The fourth-order valence-corrected chi connectivity index (χ4v) is 3.52. The van der Waals surface area contributed by atoms with Crippen molar-refractivity contribution >= 4 is 29.1 Å². The minimum Gasteiger partial charge on any atom is -0.492 e. The van der Waals surface area contributed by atoms with Crippen LogP contribution in [-0.4, -0.2) is 42.7 Å². The quantitative estimate of drug-likeness (QED) is 0.650. The molecule has 3 N–H and O–H groups in total. The summed E-state index contributed by atoms with van der Waals surface area (Å²) in [5, 5.41) is 12.1. The van der Waals surface area contributed by atoms with Crippen LogP contribution >= 0.6 is 0 Å². The molecule has 0 saturated heterocycles. The van der Waals surface area contributed by atoms with Crippen LogP contribution in [0.15, 0.2) is 54.9 Å². The predicted molar refractivity (Wildman–Crippen MR) is 108 cm³/mol. The standard InChI is InChI=1S/C21H21BN2O4/c23-12-18(16-3-4-19-21(11-16)27-7-8-28-22(19)26)20(25)10-14-1-2-17-13-24-6-5-15(17)9-14/h1-6,9,11,13,18,26H,7-8,10,12,23H2/t18-/m1/s1. The Morgan fingerprint density at radius 2 is 2.07 bits per heavy atom. The molecule has 6 nitrogen and oxygen atoms in total. The second kappa shape index (κ2) is 8.10. The number of Topliss-reactive ketones (excluding diaryl/α,β-unsaturated/α-hetero) is 1. The zero-order valence-electron chi connectivity index (χ0n) is 15.4. The zero-order chi connectivity index (χ0) is 19.5. The van der Waals surface area contributed by atoms with Gasteiger partial charge in [-0.1, -0.05) is 30.3 Å². The molecule has 0 aliphatic carbocycles. The highest BCUT2D eigenvalue weighted by Gasteiger charge is 2.27. The van der Waals surface area contributed by atoms with E-state index in [2.05, 4.69) is 4.98 Å². The van der Waals surface area contributed by atoms with Crippen molar-refractivity contribution in [1.82, 2.24) is 4.98 Å². The summed E-state index contributed by atoms with van der Waals surface area (Å²) < 4.78 is 10.9. The Hall–Kier alpha value is -2.74. The number of benzene rings is 2. The lowest BCUT2D eigenvalue weighted by molar-refractivity contribution is -0.119. The second-order valence-corrected chi connectivity index (χ2v) is 6.86. The van der Waals surface area contributed by atoms with Gasteiger partial charge < -0.3 is 20.1 Å². The molecule has 4 rings (SSSR count). The van der Waals surface area contributed by atoms with E-state index >= 15 is 0 Å². The summed E-state index contributed by atoms with van der Waals surface area (Å²) in [5.74, 6) is 0.136. The van der Waals surface area contributed by atoms with Crippen LogP contribution < -0.4 is 15.9 Å². The summed E-state index contributed by atoms with van der Waals surface area (Å²) in [4.78, 5) is 17.1. The van der Waals surface area contributed by atoms with E-state index in [0.29, 0.717) is 30.8 Å².